The average Bonchev–Trinajstić information content (AvgIpc) is 2.38. The van der Waals surface area contributed by atoms with Crippen molar-refractivity contribution in [2.75, 3.05) is 31.4 Å². The maximum atomic E-state index is 5.51. The van der Waals surface area contributed by atoms with Crippen LogP contribution in [0.4, 0.5) is 11.6 Å². The van der Waals surface area contributed by atoms with Crippen molar-refractivity contribution in [3.05, 3.63) is 11.4 Å². The van der Waals surface area contributed by atoms with Gasteiger partial charge in [0.1, 0.15) is 17.5 Å². The topological polar surface area (TPSA) is 79.1 Å². The molecule has 1 aromatic rings. The van der Waals surface area contributed by atoms with E-state index in [1.54, 1.807) is 0 Å². The number of aryl methyl sites for hydroxylation is 1. The first-order valence-electron chi connectivity index (χ1n) is 6.74. The number of hydrazine groups is 1. The molecule has 1 unspecified atom stereocenters. The second-order valence-electron chi connectivity index (χ2n) is 5.05. The van der Waals surface area contributed by atoms with Crippen LogP contribution in [0.25, 0.3) is 0 Å². The number of hydrogen-bond acceptors (Lipinski definition) is 6. The van der Waals surface area contributed by atoms with Crippen LogP contribution in [0, 0.1) is 6.92 Å². The summed E-state index contributed by atoms with van der Waals surface area (Å²) in [6, 6.07) is 0.429. The van der Waals surface area contributed by atoms with E-state index in [2.05, 4.69) is 53.6 Å². The fraction of sp³-hybridized carbons (Fsp3) is 0.692. The summed E-state index contributed by atoms with van der Waals surface area (Å²) in [6.45, 7) is 7.08. The molecule has 0 fully saturated rings. The summed E-state index contributed by atoms with van der Waals surface area (Å²) >= 11 is 0. The normalized spacial score (nSPS) is 12.6. The molecule has 19 heavy (non-hydrogen) atoms. The van der Waals surface area contributed by atoms with E-state index in [-0.39, 0.29) is 0 Å². The Kier molecular flexibility index (Phi) is 5.98. The lowest BCUT2D eigenvalue weighted by Gasteiger charge is -2.21. The number of rotatable bonds is 7. The van der Waals surface area contributed by atoms with E-state index in [0.717, 1.165) is 36.6 Å². The molecule has 0 radical (unpaired) electrons. The molecular formula is C13H26N6. The molecule has 0 amide bonds. The first-order valence-corrected chi connectivity index (χ1v) is 6.74. The van der Waals surface area contributed by atoms with Crippen LogP contribution in [0.1, 0.15) is 31.7 Å². The third kappa shape index (κ3) is 4.33. The molecule has 1 aromatic heterocycles. The van der Waals surface area contributed by atoms with E-state index >= 15 is 0 Å². The highest BCUT2D eigenvalue weighted by Gasteiger charge is 2.11. The number of nitrogens with zero attached hydrogens (tertiary/aromatic N) is 3. The standard InChI is InChI=1S/C13H26N6/c1-6-7-11-16-12(10(3)13(17-11)18-14)15-8-9(2)19(4)5/h9H,6-8,14H2,1-5H3,(H2,15,16,17,18). The van der Waals surface area contributed by atoms with Gasteiger partial charge in [0.2, 0.25) is 0 Å². The average molecular weight is 266 g/mol. The van der Waals surface area contributed by atoms with Gasteiger partial charge in [-0.1, -0.05) is 6.92 Å². The van der Waals surface area contributed by atoms with E-state index in [1.807, 2.05) is 6.92 Å². The van der Waals surface area contributed by atoms with Crippen molar-refractivity contribution in [2.45, 2.75) is 39.7 Å². The lowest BCUT2D eigenvalue weighted by Crippen LogP contribution is -2.32. The number of likely N-dealkylation sites (N-methyl/N-ethyl adjacent to an activating group) is 1. The highest BCUT2D eigenvalue weighted by Crippen LogP contribution is 2.19. The van der Waals surface area contributed by atoms with Crippen LogP contribution in [-0.2, 0) is 6.42 Å². The van der Waals surface area contributed by atoms with Gasteiger partial charge in [0.15, 0.2) is 0 Å². The zero-order valence-corrected chi connectivity index (χ0v) is 12.6. The van der Waals surface area contributed by atoms with E-state index in [1.165, 1.54) is 0 Å². The Balaban J connectivity index is 2.88. The van der Waals surface area contributed by atoms with Crippen LogP contribution in [-0.4, -0.2) is 41.5 Å². The van der Waals surface area contributed by atoms with E-state index < -0.39 is 0 Å². The minimum Gasteiger partial charge on any atom is -0.368 e. The van der Waals surface area contributed by atoms with Gasteiger partial charge < -0.3 is 15.6 Å². The van der Waals surface area contributed by atoms with Gasteiger partial charge in [-0.15, -0.1) is 0 Å². The Labute approximate surface area is 115 Å². The first-order chi connectivity index (χ1) is 8.99. The van der Waals surface area contributed by atoms with Crippen molar-refractivity contribution in [2.24, 2.45) is 5.84 Å². The highest BCUT2D eigenvalue weighted by atomic mass is 15.3. The summed E-state index contributed by atoms with van der Waals surface area (Å²) in [6.07, 6.45) is 1.87. The summed E-state index contributed by atoms with van der Waals surface area (Å²) in [5.74, 6) is 7.89. The molecule has 108 valence electrons. The smallest absolute Gasteiger partial charge is 0.148 e. The van der Waals surface area contributed by atoms with Crippen LogP contribution in [0.5, 0.6) is 0 Å². The van der Waals surface area contributed by atoms with Crippen LogP contribution in [0.2, 0.25) is 0 Å². The van der Waals surface area contributed by atoms with Gasteiger partial charge in [0, 0.05) is 24.6 Å². The summed E-state index contributed by atoms with van der Waals surface area (Å²) in [5.41, 5.74) is 3.60. The quantitative estimate of drug-likeness (QED) is 0.511. The molecule has 1 rings (SSSR count). The van der Waals surface area contributed by atoms with Gasteiger partial charge in [-0.05, 0) is 34.4 Å². The maximum Gasteiger partial charge on any atom is 0.148 e. The van der Waals surface area contributed by atoms with Gasteiger partial charge in [-0.3, -0.25) is 0 Å². The SMILES string of the molecule is CCCc1nc(NN)c(C)c(NCC(C)N(C)C)n1. The van der Waals surface area contributed by atoms with Gasteiger partial charge in [-0.25, -0.2) is 15.8 Å². The molecular weight excluding hydrogens is 240 g/mol. The molecule has 0 aliphatic rings. The van der Waals surface area contributed by atoms with E-state index in [0.29, 0.717) is 11.9 Å². The number of anilines is 2. The lowest BCUT2D eigenvalue weighted by molar-refractivity contribution is 0.326. The Morgan fingerprint density at radius 1 is 1.26 bits per heavy atom. The fourth-order valence-corrected chi connectivity index (χ4v) is 1.64. The molecule has 0 saturated heterocycles. The highest BCUT2D eigenvalue weighted by molar-refractivity contribution is 5.56. The molecule has 1 atom stereocenters. The molecule has 4 N–H and O–H groups in total. The molecule has 6 heteroatoms. The summed E-state index contributed by atoms with van der Waals surface area (Å²) in [5, 5.41) is 3.38. The van der Waals surface area contributed by atoms with Gasteiger partial charge in [0.25, 0.3) is 0 Å². The van der Waals surface area contributed by atoms with Crippen molar-refractivity contribution in [3.63, 3.8) is 0 Å². The number of aromatic nitrogens is 2. The molecule has 0 aliphatic heterocycles. The van der Waals surface area contributed by atoms with Crippen molar-refractivity contribution >= 4 is 11.6 Å². The molecule has 0 aromatic carbocycles. The lowest BCUT2D eigenvalue weighted by atomic mass is 10.2. The molecule has 6 nitrogen and oxygen atoms in total. The number of nitrogens with one attached hydrogen (secondary N) is 2. The predicted molar refractivity (Wildman–Crippen MR) is 80.2 cm³/mol. The minimum absolute atomic E-state index is 0.429. The largest absolute Gasteiger partial charge is 0.368 e. The Morgan fingerprint density at radius 3 is 2.42 bits per heavy atom. The van der Waals surface area contributed by atoms with Crippen molar-refractivity contribution in [1.29, 1.82) is 0 Å². The molecule has 0 aliphatic carbocycles. The summed E-state index contributed by atoms with van der Waals surface area (Å²) in [7, 11) is 4.13. The number of hydrogen-bond donors (Lipinski definition) is 3. The van der Waals surface area contributed by atoms with E-state index in [9.17, 15) is 0 Å². The summed E-state index contributed by atoms with van der Waals surface area (Å²) < 4.78 is 0. The van der Waals surface area contributed by atoms with Crippen molar-refractivity contribution < 1.29 is 0 Å². The van der Waals surface area contributed by atoms with Crippen LogP contribution in [0.15, 0.2) is 0 Å². The Morgan fingerprint density at radius 2 is 1.89 bits per heavy atom. The summed E-state index contributed by atoms with van der Waals surface area (Å²) in [4.78, 5) is 11.1. The van der Waals surface area contributed by atoms with Crippen molar-refractivity contribution in [1.82, 2.24) is 14.9 Å². The Bertz CT molecular complexity index is 404. The van der Waals surface area contributed by atoms with Crippen LogP contribution < -0.4 is 16.6 Å². The number of nitrogen functional groups attached to an aromatic ring is 1. The van der Waals surface area contributed by atoms with Crippen LogP contribution in [0.3, 0.4) is 0 Å². The molecule has 0 spiro atoms. The Hall–Kier alpha value is -1.40. The zero-order valence-electron chi connectivity index (χ0n) is 12.6. The minimum atomic E-state index is 0.429. The van der Waals surface area contributed by atoms with Crippen molar-refractivity contribution in [3.8, 4) is 0 Å². The third-order valence-corrected chi connectivity index (χ3v) is 3.25. The monoisotopic (exact) mass is 266 g/mol. The predicted octanol–water partition coefficient (Wildman–Crippen LogP) is 1.39. The van der Waals surface area contributed by atoms with Gasteiger partial charge >= 0.3 is 0 Å². The second-order valence-corrected chi connectivity index (χ2v) is 5.05. The fourth-order valence-electron chi connectivity index (χ4n) is 1.64. The molecule has 1 heterocycles. The third-order valence-electron chi connectivity index (χ3n) is 3.25. The van der Waals surface area contributed by atoms with Gasteiger partial charge in [-0.2, -0.15) is 0 Å². The van der Waals surface area contributed by atoms with Crippen LogP contribution >= 0.6 is 0 Å². The molecule has 0 bridgehead atoms. The second kappa shape index (κ2) is 7.25. The first kappa shape index (κ1) is 15.7. The maximum absolute atomic E-state index is 5.51. The molecule has 0 saturated carbocycles. The number of nitrogens with two attached hydrogens (primary N) is 1. The van der Waals surface area contributed by atoms with E-state index in [4.69, 9.17) is 5.84 Å². The zero-order chi connectivity index (χ0) is 14.4. The van der Waals surface area contributed by atoms with Gasteiger partial charge in [0.05, 0.1) is 0 Å².